The van der Waals surface area contributed by atoms with Gasteiger partial charge in [0.15, 0.2) is 5.41 Å². The molecule has 1 N–H and O–H groups in total. The lowest BCUT2D eigenvalue weighted by Crippen LogP contribution is -2.70. The van der Waals surface area contributed by atoms with Crippen LogP contribution in [0.3, 0.4) is 0 Å². The zero-order valence-corrected chi connectivity index (χ0v) is 23.2. The molecule has 2 aromatic carbocycles. The summed E-state index contributed by atoms with van der Waals surface area (Å²) in [6.07, 6.45) is 2.91. The standard InChI is InChI=1S/C30H29N5O6/c1-16-7-9-20(12-17(16)2)35-25(37)21(24(36)31-28(35)40)14-18-8-10-22-19(13-18)15-30(23-6-5-11-34(22)23)26(38)32(3)29(41)33(4)27(30)39/h7-10,12-14,23H,5-6,11,15H2,1-4H3,(H,31,36,40)/b21-14+. The molecule has 4 heterocycles. The van der Waals surface area contributed by atoms with Crippen molar-refractivity contribution in [2.24, 2.45) is 5.41 Å². The topological polar surface area (TPSA) is 127 Å². The molecule has 1 spiro atoms. The van der Waals surface area contributed by atoms with Crippen LogP contribution in [0.4, 0.5) is 21.0 Å². The van der Waals surface area contributed by atoms with Crippen molar-refractivity contribution in [1.29, 1.82) is 0 Å². The Balaban J connectivity index is 1.40. The molecular weight excluding hydrogens is 526 g/mol. The number of imide groups is 4. The van der Waals surface area contributed by atoms with Gasteiger partial charge in [-0.15, -0.1) is 0 Å². The molecular formula is C30H29N5O6. The molecule has 6 rings (SSSR count). The lowest BCUT2D eigenvalue weighted by Gasteiger charge is -2.50. The van der Waals surface area contributed by atoms with Crippen molar-refractivity contribution in [2.75, 3.05) is 30.4 Å². The Morgan fingerprint density at radius 3 is 2.29 bits per heavy atom. The summed E-state index contributed by atoms with van der Waals surface area (Å²) in [6.45, 7) is 4.43. The van der Waals surface area contributed by atoms with Crippen molar-refractivity contribution in [3.05, 3.63) is 64.2 Å². The van der Waals surface area contributed by atoms with Crippen molar-refractivity contribution in [3.8, 4) is 0 Å². The molecule has 210 valence electrons. The van der Waals surface area contributed by atoms with Crippen LogP contribution in [0.25, 0.3) is 6.08 Å². The van der Waals surface area contributed by atoms with Gasteiger partial charge in [0.1, 0.15) is 5.57 Å². The van der Waals surface area contributed by atoms with Crippen LogP contribution >= 0.6 is 0 Å². The average molecular weight is 556 g/mol. The summed E-state index contributed by atoms with van der Waals surface area (Å²) in [5.41, 5.74) is 2.61. The number of benzene rings is 2. The van der Waals surface area contributed by atoms with Gasteiger partial charge in [-0.05, 0) is 85.7 Å². The number of anilines is 2. The number of nitrogens with one attached hydrogen (secondary N) is 1. The van der Waals surface area contributed by atoms with Crippen LogP contribution in [0.2, 0.25) is 0 Å². The number of amides is 8. The van der Waals surface area contributed by atoms with Crippen LogP contribution < -0.4 is 15.1 Å². The molecule has 4 aliphatic rings. The number of carbonyl (C=O) groups excluding carboxylic acids is 6. The van der Waals surface area contributed by atoms with Crippen molar-refractivity contribution in [2.45, 2.75) is 39.2 Å². The predicted molar refractivity (Wildman–Crippen MR) is 149 cm³/mol. The Kier molecular flexibility index (Phi) is 5.88. The van der Waals surface area contributed by atoms with Crippen LogP contribution in [0.15, 0.2) is 42.0 Å². The first-order chi connectivity index (χ1) is 19.5. The molecule has 3 fully saturated rings. The number of aryl methyl sites for hydroxylation is 2. The molecule has 0 aromatic heterocycles. The van der Waals surface area contributed by atoms with E-state index in [0.717, 1.165) is 37.9 Å². The summed E-state index contributed by atoms with van der Waals surface area (Å²) in [5.74, 6) is -2.62. The maximum absolute atomic E-state index is 13.6. The van der Waals surface area contributed by atoms with Gasteiger partial charge in [0, 0.05) is 26.3 Å². The lowest BCUT2D eigenvalue weighted by atomic mass is 9.68. The minimum absolute atomic E-state index is 0.0769. The number of fused-ring (bicyclic) bond motifs is 4. The van der Waals surface area contributed by atoms with Crippen molar-refractivity contribution in [1.82, 2.24) is 15.1 Å². The van der Waals surface area contributed by atoms with Gasteiger partial charge in [0.25, 0.3) is 11.8 Å². The number of carbonyl (C=O) groups is 6. The number of rotatable bonds is 2. The molecule has 2 aromatic rings. The third-order valence-corrected chi connectivity index (χ3v) is 8.81. The molecule has 1 unspecified atom stereocenters. The SMILES string of the molecule is Cc1ccc(N2C(=O)NC(=O)/C(=C\c3ccc4c(c3)CC3(C(=O)N(C)C(=O)N(C)C3=O)C3CCCN43)C2=O)cc1C. The van der Waals surface area contributed by atoms with E-state index in [4.69, 9.17) is 0 Å². The molecule has 0 radical (unpaired) electrons. The fourth-order valence-corrected chi connectivity index (χ4v) is 6.55. The minimum atomic E-state index is -1.46. The van der Waals surface area contributed by atoms with Crippen LogP contribution in [0.1, 0.15) is 35.1 Å². The van der Waals surface area contributed by atoms with Crippen LogP contribution in [-0.2, 0) is 25.6 Å². The monoisotopic (exact) mass is 555 g/mol. The van der Waals surface area contributed by atoms with E-state index in [-0.39, 0.29) is 18.0 Å². The van der Waals surface area contributed by atoms with Crippen LogP contribution in [0.5, 0.6) is 0 Å². The van der Waals surface area contributed by atoms with E-state index in [0.29, 0.717) is 29.8 Å². The molecule has 3 saturated heterocycles. The molecule has 11 heteroatoms. The molecule has 1 atom stereocenters. The molecule has 0 aliphatic carbocycles. The number of urea groups is 2. The normalized spacial score (nSPS) is 23.0. The largest absolute Gasteiger partial charge is 0.367 e. The first-order valence-electron chi connectivity index (χ1n) is 13.4. The van der Waals surface area contributed by atoms with E-state index in [1.807, 2.05) is 19.9 Å². The highest BCUT2D eigenvalue weighted by atomic mass is 16.2. The molecule has 11 nitrogen and oxygen atoms in total. The van der Waals surface area contributed by atoms with Gasteiger partial charge in [-0.2, -0.15) is 0 Å². The van der Waals surface area contributed by atoms with Gasteiger partial charge in [-0.3, -0.25) is 34.3 Å². The quantitative estimate of drug-likeness (QED) is 0.343. The van der Waals surface area contributed by atoms with E-state index in [9.17, 15) is 28.8 Å². The second-order valence-corrected chi connectivity index (χ2v) is 11.1. The average Bonchev–Trinajstić information content (AvgIpc) is 3.44. The summed E-state index contributed by atoms with van der Waals surface area (Å²) in [6, 6.07) is 8.66. The van der Waals surface area contributed by atoms with Crippen LogP contribution in [-0.4, -0.2) is 72.2 Å². The molecule has 0 bridgehead atoms. The maximum atomic E-state index is 13.6. The second kappa shape index (κ2) is 9.12. The van der Waals surface area contributed by atoms with Crippen molar-refractivity contribution >= 4 is 53.1 Å². The highest BCUT2D eigenvalue weighted by Gasteiger charge is 2.63. The Morgan fingerprint density at radius 1 is 0.902 bits per heavy atom. The van der Waals surface area contributed by atoms with E-state index in [2.05, 4.69) is 10.2 Å². The summed E-state index contributed by atoms with van der Waals surface area (Å²) in [5, 5.41) is 2.25. The van der Waals surface area contributed by atoms with Gasteiger partial charge in [-0.25, -0.2) is 14.5 Å². The summed E-state index contributed by atoms with van der Waals surface area (Å²) < 4.78 is 0. The Bertz CT molecular complexity index is 1600. The molecule has 8 amide bonds. The van der Waals surface area contributed by atoms with E-state index in [1.165, 1.54) is 20.2 Å². The van der Waals surface area contributed by atoms with Gasteiger partial charge >= 0.3 is 12.1 Å². The number of hydrogen-bond acceptors (Lipinski definition) is 7. The Hall–Kier alpha value is -4.80. The molecule has 4 aliphatic heterocycles. The smallest absolute Gasteiger partial charge is 0.335 e. The maximum Gasteiger partial charge on any atom is 0.335 e. The van der Waals surface area contributed by atoms with Gasteiger partial charge in [-0.1, -0.05) is 12.1 Å². The Labute approximate surface area is 236 Å². The minimum Gasteiger partial charge on any atom is -0.367 e. The first kappa shape index (κ1) is 26.4. The zero-order valence-electron chi connectivity index (χ0n) is 23.2. The zero-order chi connectivity index (χ0) is 29.4. The highest BCUT2D eigenvalue weighted by Crippen LogP contribution is 2.49. The third-order valence-electron chi connectivity index (χ3n) is 8.81. The van der Waals surface area contributed by atoms with Gasteiger partial charge < -0.3 is 4.90 Å². The Morgan fingerprint density at radius 2 is 1.61 bits per heavy atom. The first-order valence-corrected chi connectivity index (χ1v) is 13.4. The number of nitrogens with zero attached hydrogens (tertiary/aromatic N) is 4. The third kappa shape index (κ3) is 3.71. The number of hydrogen-bond donors (Lipinski definition) is 1. The lowest BCUT2D eigenvalue weighted by molar-refractivity contribution is -0.159. The van der Waals surface area contributed by atoms with Gasteiger partial charge in [0.2, 0.25) is 11.8 Å². The van der Waals surface area contributed by atoms with Crippen molar-refractivity contribution in [3.63, 3.8) is 0 Å². The number of barbiturate groups is 2. The summed E-state index contributed by atoms with van der Waals surface area (Å²) in [7, 11) is 2.78. The fraction of sp³-hybridized carbons (Fsp3) is 0.333. The second-order valence-electron chi connectivity index (χ2n) is 11.1. The summed E-state index contributed by atoms with van der Waals surface area (Å²) in [4.78, 5) is 83.7. The van der Waals surface area contributed by atoms with E-state index >= 15 is 0 Å². The predicted octanol–water partition coefficient (Wildman–Crippen LogP) is 2.53. The van der Waals surface area contributed by atoms with Crippen molar-refractivity contribution < 1.29 is 28.8 Å². The van der Waals surface area contributed by atoms with Crippen LogP contribution in [0, 0.1) is 19.3 Å². The highest BCUT2D eigenvalue weighted by molar-refractivity contribution is 6.39. The van der Waals surface area contributed by atoms with E-state index < -0.39 is 41.1 Å². The fourth-order valence-electron chi connectivity index (χ4n) is 6.55. The summed E-state index contributed by atoms with van der Waals surface area (Å²) >= 11 is 0. The molecule has 0 saturated carbocycles. The molecule has 41 heavy (non-hydrogen) atoms. The van der Waals surface area contributed by atoms with Gasteiger partial charge in [0.05, 0.1) is 11.7 Å². The van der Waals surface area contributed by atoms with E-state index in [1.54, 1.807) is 30.3 Å².